The Kier molecular flexibility index (Phi) is 7.77. The molecule has 0 spiro atoms. The molecule has 252 valence electrons. The smallest absolute Gasteiger partial charge is 0.164 e. The summed E-state index contributed by atoms with van der Waals surface area (Å²) in [5, 5.41) is 7.14. The summed E-state index contributed by atoms with van der Waals surface area (Å²) >= 11 is 0. The van der Waals surface area contributed by atoms with Crippen LogP contribution in [-0.2, 0) is 0 Å². The molecule has 0 saturated heterocycles. The zero-order valence-electron chi connectivity index (χ0n) is 29.3. The number of pyridine rings is 1. The standard InChI is InChI=1S/C50H32N4/c1-3-11-37-27-42(25-19-33(37)9-1)39-15-7-17-44(29-39)49-52-48(36-23-21-35(22-24-36)47-31-41-13-5-6-14-46(41)32-51-47)53-50(54-49)45-18-8-16-40(30-45)43-26-20-34-10-2-4-12-38(34)28-43/h1-32H. The van der Waals surface area contributed by atoms with Crippen molar-refractivity contribution in [2.45, 2.75) is 0 Å². The third-order valence-corrected chi connectivity index (χ3v) is 10.1. The van der Waals surface area contributed by atoms with Crippen molar-refractivity contribution >= 4 is 32.3 Å². The number of rotatable bonds is 6. The number of benzene rings is 8. The molecule has 0 aliphatic rings. The van der Waals surface area contributed by atoms with Crippen LogP contribution in [0.1, 0.15) is 0 Å². The van der Waals surface area contributed by atoms with E-state index in [0.717, 1.165) is 61.0 Å². The van der Waals surface area contributed by atoms with Crippen molar-refractivity contribution in [1.29, 1.82) is 0 Å². The van der Waals surface area contributed by atoms with Crippen LogP contribution in [-0.4, -0.2) is 19.9 Å². The van der Waals surface area contributed by atoms with Crippen LogP contribution >= 0.6 is 0 Å². The van der Waals surface area contributed by atoms with Crippen molar-refractivity contribution in [2.24, 2.45) is 0 Å². The summed E-state index contributed by atoms with van der Waals surface area (Å²) in [6.07, 6.45) is 1.93. The Labute approximate surface area is 313 Å². The van der Waals surface area contributed by atoms with Crippen LogP contribution in [0.4, 0.5) is 0 Å². The fourth-order valence-corrected chi connectivity index (χ4v) is 7.21. The average molecular weight is 689 g/mol. The second-order valence-electron chi connectivity index (χ2n) is 13.6. The highest BCUT2D eigenvalue weighted by Gasteiger charge is 2.15. The zero-order valence-corrected chi connectivity index (χ0v) is 29.3. The fraction of sp³-hybridized carbons (Fsp3) is 0. The maximum Gasteiger partial charge on any atom is 0.164 e. The van der Waals surface area contributed by atoms with E-state index < -0.39 is 0 Å². The first-order valence-electron chi connectivity index (χ1n) is 18.1. The minimum Gasteiger partial charge on any atom is -0.256 e. The second kappa shape index (κ2) is 13.4. The summed E-state index contributed by atoms with van der Waals surface area (Å²) in [4.78, 5) is 20.1. The van der Waals surface area contributed by atoms with E-state index in [4.69, 9.17) is 19.9 Å². The van der Waals surface area contributed by atoms with E-state index in [1.165, 1.54) is 21.5 Å². The van der Waals surface area contributed by atoms with Crippen molar-refractivity contribution in [3.05, 3.63) is 194 Å². The Morgan fingerprint density at radius 1 is 0.241 bits per heavy atom. The molecule has 8 aromatic carbocycles. The summed E-state index contributed by atoms with van der Waals surface area (Å²) in [6.45, 7) is 0. The number of aromatic nitrogens is 4. The summed E-state index contributed by atoms with van der Waals surface area (Å²) in [5.74, 6) is 1.85. The quantitative estimate of drug-likeness (QED) is 0.174. The van der Waals surface area contributed by atoms with E-state index in [0.29, 0.717) is 17.5 Å². The summed E-state index contributed by atoms with van der Waals surface area (Å²) in [5.41, 5.74) is 9.21. The van der Waals surface area contributed by atoms with E-state index >= 15 is 0 Å². The van der Waals surface area contributed by atoms with Crippen LogP contribution in [0.25, 0.3) is 100.0 Å². The molecule has 4 nitrogen and oxygen atoms in total. The van der Waals surface area contributed by atoms with E-state index in [1.807, 2.05) is 12.3 Å². The molecule has 0 unspecified atom stereocenters. The molecular weight excluding hydrogens is 657 g/mol. The van der Waals surface area contributed by atoms with Gasteiger partial charge in [-0.3, -0.25) is 4.98 Å². The number of hydrogen-bond acceptors (Lipinski definition) is 4. The van der Waals surface area contributed by atoms with Crippen LogP contribution < -0.4 is 0 Å². The Morgan fingerprint density at radius 3 is 1.17 bits per heavy atom. The average Bonchev–Trinajstić information content (AvgIpc) is 3.26. The van der Waals surface area contributed by atoms with Gasteiger partial charge in [-0.1, -0.05) is 158 Å². The third kappa shape index (κ3) is 6.06. The maximum absolute atomic E-state index is 5.13. The normalized spacial score (nSPS) is 11.3. The number of hydrogen-bond donors (Lipinski definition) is 0. The Bertz CT molecular complexity index is 2860. The van der Waals surface area contributed by atoms with Gasteiger partial charge in [0.2, 0.25) is 0 Å². The topological polar surface area (TPSA) is 51.6 Å². The summed E-state index contributed by atoms with van der Waals surface area (Å²) < 4.78 is 0. The molecule has 0 saturated carbocycles. The lowest BCUT2D eigenvalue weighted by atomic mass is 9.99. The highest BCUT2D eigenvalue weighted by Crippen LogP contribution is 2.33. The summed E-state index contributed by atoms with van der Waals surface area (Å²) in [6, 6.07) is 65.8. The molecule has 2 heterocycles. The molecule has 54 heavy (non-hydrogen) atoms. The van der Waals surface area contributed by atoms with Crippen molar-refractivity contribution in [3.63, 3.8) is 0 Å². The van der Waals surface area contributed by atoms with Gasteiger partial charge in [-0.15, -0.1) is 0 Å². The fourth-order valence-electron chi connectivity index (χ4n) is 7.21. The van der Waals surface area contributed by atoms with E-state index in [2.05, 4.69) is 182 Å². The Balaban J connectivity index is 1.07. The molecule has 10 aromatic rings. The van der Waals surface area contributed by atoms with Gasteiger partial charge in [0.15, 0.2) is 17.5 Å². The van der Waals surface area contributed by atoms with Gasteiger partial charge in [0.1, 0.15) is 0 Å². The minimum atomic E-state index is 0.611. The summed E-state index contributed by atoms with van der Waals surface area (Å²) in [7, 11) is 0. The van der Waals surface area contributed by atoms with E-state index in [-0.39, 0.29) is 0 Å². The lowest BCUT2D eigenvalue weighted by Crippen LogP contribution is -2.00. The molecule has 0 bridgehead atoms. The SMILES string of the molecule is c1cc(-c2ccc3ccccc3c2)cc(-c2nc(-c3ccc(-c4cc5ccccc5cn4)cc3)nc(-c3cccc(-c4ccc5ccccc5c4)c3)n2)c1. The van der Waals surface area contributed by atoms with Crippen molar-refractivity contribution in [3.8, 4) is 67.7 Å². The molecule has 0 aliphatic heterocycles. The molecule has 0 aliphatic carbocycles. The van der Waals surface area contributed by atoms with Gasteiger partial charge >= 0.3 is 0 Å². The van der Waals surface area contributed by atoms with E-state index in [1.54, 1.807) is 0 Å². The molecule has 0 N–H and O–H groups in total. The van der Waals surface area contributed by atoms with Gasteiger partial charge < -0.3 is 0 Å². The largest absolute Gasteiger partial charge is 0.256 e. The van der Waals surface area contributed by atoms with Crippen LogP contribution in [0.3, 0.4) is 0 Å². The third-order valence-electron chi connectivity index (χ3n) is 10.1. The lowest BCUT2D eigenvalue weighted by molar-refractivity contribution is 1.07. The molecule has 0 radical (unpaired) electrons. The van der Waals surface area contributed by atoms with Crippen molar-refractivity contribution < 1.29 is 0 Å². The first kappa shape index (κ1) is 31.4. The van der Waals surface area contributed by atoms with Crippen LogP contribution in [0.15, 0.2) is 194 Å². The molecule has 0 fully saturated rings. The predicted molar refractivity (Wildman–Crippen MR) is 223 cm³/mol. The molecule has 0 amide bonds. The van der Waals surface area contributed by atoms with Crippen molar-refractivity contribution in [2.75, 3.05) is 0 Å². The van der Waals surface area contributed by atoms with Crippen molar-refractivity contribution in [1.82, 2.24) is 19.9 Å². The zero-order chi connectivity index (χ0) is 35.8. The number of nitrogens with zero attached hydrogens (tertiary/aromatic N) is 4. The molecule has 0 atom stereocenters. The second-order valence-corrected chi connectivity index (χ2v) is 13.6. The minimum absolute atomic E-state index is 0.611. The van der Waals surface area contributed by atoms with Gasteiger partial charge in [-0.25, -0.2) is 15.0 Å². The van der Waals surface area contributed by atoms with Gasteiger partial charge in [-0.05, 0) is 79.5 Å². The lowest BCUT2D eigenvalue weighted by Gasteiger charge is -2.11. The Morgan fingerprint density at radius 2 is 0.630 bits per heavy atom. The molecule has 4 heteroatoms. The van der Waals surface area contributed by atoms with E-state index in [9.17, 15) is 0 Å². The van der Waals surface area contributed by atoms with Gasteiger partial charge in [0.25, 0.3) is 0 Å². The van der Waals surface area contributed by atoms with Gasteiger partial charge in [0, 0.05) is 33.8 Å². The van der Waals surface area contributed by atoms with Crippen LogP contribution in [0.2, 0.25) is 0 Å². The number of fused-ring (bicyclic) bond motifs is 3. The maximum atomic E-state index is 5.13. The molecule has 10 rings (SSSR count). The highest BCUT2D eigenvalue weighted by molar-refractivity contribution is 5.89. The predicted octanol–water partition coefficient (Wildman–Crippen LogP) is 12.7. The first-order valence-corrected chi connectivity index (χ1v) is 18.1. The molecular formula is C50H32N4. The first-order chi connectivity index (χ1) is 26.7. The monoisotopic (exact) mass is 688 g/mol. The van der Waals surface area contributed by atoms with Gasteiger partial charge in [0.05, 0.1) is 5.69 Å². The highest BCUT2D eigenvalue weighted by atomic mass is 15.0. The van der Waals surface area contributed by atoms with Crippen LogP contribution in [0.5, 0.6) is 0 Å². The molecule has 2 aromatic heterocycles. The van der Waals surface area contributed by atoms with Crippen LogP contribution in [0, 0.1) is 0 Å². The Hall–Kier alpha value is -7.30. The van der Waals surface area contributed by atoms with Gasteiger partial charge in [-0.2, -0.15) is 0 Å².